The molecular weight excluding hydrogens is 284 g/mol. The van der Waals surface area contributed by atoms with Gasteiger partial charge in [0.05, 0.1) is 16.6 Å². The summed E-state index contributed by atoms with van der Waals surface area (Å²) in [5.74, 6) is 6.68. The van der Waals surface area contributed by atoms with Crippen LogP contribution in [0.3, 0.4) is 0 Å². The number of fused-ring (bicyclic) bond motifs is 1. The minimum atomic E-state index is -0.0528. The lowest BCUT2D eigenvalue weighted by Crippen LogP contribution is -2.24. The molecule has 3 heteroatoms. The predicted octanol–water partition coefficient (Wildman–Crippen LogP) is 3.71. The van der Waals surface area contributed by atoms with Crippen molar-refractivity contribution in [3.63, 3.8) is 0 Å². The highest BCUT2D eigenvalue weighted by atomic mass is 16.1. The molecular formula is C20H18N2O. The molecule has 23 heavy (non-hydrogen) atoms. The molecule has 0 saturated carbocycles. The van der Waals surface area contributed by atoms with E-state index in [-0.39, 0.29) is 5.56 Å². The Morgan fingerprint density at radius 2 is 1.87 bits per heavy atom. The molecule has 114 valence electrons. The van der Waals surface area contributed by atoms with Gasteiger partial charge >= 0.3 is 0 Å². The van der Waals surface area contributed by atoms with E-state index in [1.165, 1.54) is 0 Å². The standard InChI is InChI=1S/C20H18N2O/c1-3-9-15-11-8-14-17-19(15)20(23)22(18(21-17)10-4-2)16-12-6-5-7-13-16/h5-8,11-14H,4,10H2,1-2H3. The summed E-state index contributed by atoms with van der Waals surface area (Å²) >= 11 is 0. The molecule has 0 radical (unpaired) electrons. The van der Waals surface area contributed by atoms with E-state index in [2.05, 4.69) is 18.8 Å². The molecule has 3 rings (SSSR count). The predicted molar refractivity (Wildman–Crippen MR) is 93.9 cm³/mol. The summed E-state index contributed by atoms with van der Waals surface area (Å²) in [6, 6.07) is 15.3. The first kappa shape index (κ1) is 15.1. The minimum absolute atomic E-state index is 0.0528. The second kappa shape index (κ2) is 6.50. The van der Waals surface area contributed by atoms with Crippen LogP contribution in [0.15, 0.2) is 53.3 Å². The van der Waals surface area contributed by atoms with Gasteiger partial charge in [-0.25, -0.2) is 4.98 Å². The summed E-state index contributed by atoms with van der Waals surface area (Å²) in [6.07, 6.45) is 1.68. The number of para-hydroxylation sites is 1. The van der Waals surface area contributed by atoms with Gasteiger partial charge in [-0.05, 0) is 37.6 Å². The number of nitrogens with zero attached hydrogens (tertiary/aromatic N) is 2. The Balaban J connectivity index is 2.43. The topological polar surface area (TPSA) is 34.9 Å². The fourth-order valence-corrected chi connectivity index (χ4v) is 2.75. The summed E-state index contributed by atoms with van der Waals surface area (Å²) in [5.41, 5.74) is 2.23. The van der Waals surface area contributed by atoms with Crippen molar-refractivity contribution in [1.82, 2.24) is 9.55 Å². The lowest BCUT2D eigenvalue weighted by molar-refractivity contribution is 0.774. The van der Waals surface area contributed by atoms with Gasteiger partial charge in [-0.1, -0.05) is 37.1 Å². The maximum atomic E-state index is 13.2. The van der Waals surface area contributed by atoms with Crippen molar-refractivity contribution in [2.75, 3.05) is 0 Å². The molecule has 1 heterocycles. The van der Waals surface area contributed by atoms with Gasteiger partial charge in [-0.2, -0.15) is 0 Å². The fourth-order valence-electron chi connectivity index (χ4n) is 2.75. The molecule has 0 saturated heterocycles. The average molecular weight is 302 g/mol. The van der Waals surface area contributed by atoms with E-state index in [1.54, 1.807) is 11.5 Å². The third-order valence-corrected chi connectivity index (χ3v) is 3.71. The minimum Gasteiger partial charge on any atom is -0.268 e. The number of rotatable bonds is 3. The van der Waals surface area contributed by atoms with Gasteiger partial charge in [0.25, 0.3) is 5.56 Å². The van der Waals surface area contributed by atoms with Crippen molar-refractivity contribution in [2.45, 2.75) is 26.7 Å². The average Bonchev–Trinajstić information content (AvgIpc) is 2.56. The summed E-state index contributed by atoms with van der Waals surface area (Å²) in [5, 5.41) is 0.588. The zero-order valence-corrected chi connectivity index (χ0v) is 13.3. The van der Waals surface area contributed by atoms with Gasteiger partial charge in [0, 0.05) is 12.0 Å². The monoisotopic (exact) mass is 302 g/mol. The lowest BCUT2D eigenvalue weighted by Gasteiger charge is -2.13. The smallest absolute Gasteiger partial charge is 0.267 e. The van der Waals surface area contributed by atoms with Crippen LogP contribution in [-0.4, -0.2) is 9.55 Å². The van der Waals surface area contributed by atoms with Gasteiger partial charge in [0.2, 0.25) is 0 Å². The van der Waals surface area contributed by atoms with Crippen LogP contribution in [0, 0.1) is 11.8 Å². The van der Waals surface area contributed by atoms with Crippen LogP contribution >= 0.6 is 0 Å². The van der Waals surface area contributed by atoms with E-state index >= 15 is 0 Å². The highest BCUT2D eigenvalue weighted by molar-refractivity contribution is 5.84. The SMILES string of the molecule is CC#Cc1cccc2nc(CCC)n(-c3ccccc3)c(=O)c12. The maximum Gasteiger partial charge on any atom is 0.267 e. The zero-order valence-electron chi connectivity index (χ0n) is 13.3. The Morgan fingerprint density at radius 1 is 1.09 bits per heavy atom. The van der Waals surface area contributed by atoms with Crippen molar-refractivity contribution in [2.24, 2.45) is 0 Å². The van der Waals surface area contributed by atoms with Crippen LogP contribution in [0.1, 0.15) is 31.7 Å². The van der Waals surface area contributed by atoms with Crippen molar-refractivity contribution < 1.29 is 0 Å². The van der Waals surface area contributed by atoms with E-state index in [4.69, 9.17) is 4.98 Å². The van der Waals surface area contributed by atoms with Crippen LogP contribution in [0.25, 0.3) is 16.6 Å². The van der Waals surface area contributed by atoms with E-state index in [0.29, 0.717) is 10.9 Å². The summed E-state index contributed by atoms with van der Waals surface area (Å²) in [7, 11) is 0. The quantitative estimate of drug-likeness (QED) is 0.691. The highest BCUT2D eigenvalue weighted by Gasteiger charge is 2.14. The van der Waals surface area contributed by atoms with Crippen LogP contribution in [0.5, 0.6) is 0 Å². The molecule has 0 fully saturated rings. The highest BCUT2D eigenvalue weighted by Crippen LogP contribution is 2.17. The molecule has 2 aromatic carbocycles. The number of benzene rings is 2. The number of hydrogen-bond acceptors (Lipinski definition) is 2. The van der Waals surface area contributed by atoms with Gasteiger partial charge < -0.3 is 0 Å². The molecule has 0 bridgehead atoms. The molecule has 0 unspecified atom stereocenters. The fraction of sp³-hybridized carbons (Fsp3) is 0.200. The molecule has 0 amide bonds. The number of aromatic nitrogens is 2. The van der Waals surface area contributed by atoms with Crippen molar-refractivity contribution in [1.29, 1.82) is 0 Å². The molecule has 0 atom stereocenters. The van der Waals surface area contributed by atoms with Crippen molar-refractivity contribution in [3.05, 3.63) is 70.3 Å². The van der Waals surface area contributed by atoms with E-state index in [1.807, 2.05) is 48.5 Å². The molecule has 0 aliphatic rings. The molecule has 0 spiro atoms. The number of hydrogen-bond donors (Lipinski definition) is 0. The largest absolute Gasteiger partial charge is 0.268 e. The molecule has 1 aromatic heterocycles. The summed E-state index contributed by atoms with van der Waals surface area (Å²) in [4.78, 5) is 17.9. The molecule has 3 nitrogen and oxygen atoms in total. The first-order chi connectivity index (χ1) is 11.3. The van der Waals surface area contributed by atoms with Gasteiger partial charge in [-0.15, -0.1) is 5.92 Å². The van der Waals surface area contributed by atoms with Crippen LogP contribution in [0.4, 0.5) is 0 Å². The molecule has 3 aromatic rings. The van der Waals surface area contributed by atoms with Crippen LogP contribution in [0.2, 0.25) is 0 Å². The van der Waals surface area contributed by atoms with Crippen molar-refractivity contribution >= 4 is 10.9 Å². The summed E-state index contributed by atoms with van der Waals surface area (Å²) in [6.45, 7) is 3.86. The third-order valence-electron chi connectivity index (χ3n) is 3.71. The van der Waals surface area contributed by atoms with Gasteiger partial charge in [-0.3, -0.25) is 9.36 Å². The van der Waals surface area contributed by atoms with Crippen molar-refractivity contribution in [3.8, 4) is 17.5 Å². The Labute approximate surface area is 135 Å². The normalized spacial score (nSPS) is 10.3. The van der Waals surface area contributed by atoms with Gasteiger partial charge in [0.15, 0.2) is 0 Å². The molecule has 0 aliphatic carbocycles. The zero-order chi connectivity index (χ0) is 16.2. The Kier molecular flexibility index (Phi) is 4.25. The molecule has 0 aliphatic heterocycles. The second-order valence-electron chi connectivity index (χ2n) is 5.33. The Bertz CT molecular complexity index is 960. The van der Waals surface area contributed by atoms with E-state index in [9.17, 15) is 4.79 Å². The Morgan fingerprint density at radius 3 is 2.57 bits per heavy atom. The van der Waals surface area contributed by atoms with Crippen LogP contribution < -0.4 is 5.56 Å². The van der Waals surface area contributed by atoms with E-state index in [0.717, 1.165) is 29.9 Å². The van der Waals surface area contributed by atoms with Crippen LogP contribution in [-0.2, 0) is 6.42 Å². The second-order valence-corrected chi connectivity index (χ2v) is 5.33. The van der Waals surface area contributed by atoms with Gasteiger partial charge in [0.1, 0.15) is 5.82 Å². The summed E-state index contributed by atoms with van der Waals surface area (Å²) < 4.78 is 1.71. The third kappa shape index (κ3) is 2.76. The molecule has 0 N–H and O–H groups in total. The first-order valence-corrected chi connectivity index (χ1v) is 7.79. The Hall–Kier alpha value is -2.86. The lowest BCUT2D eigenvalue weighted by atomic mass is 10.1. The van der Waals surface area contributed by atoms with E-state index < -0.39 is 0 Å². The number of aryl methyl sites for hydroxylation is 1. The maximum absolute atomic E-state index is 13.2. The first-order valence-electron chi connectivity index (χ1n) is 7.79.